The molecule has 1 heterocycles. The van der Waals surface area contributed by atoms with Gasteiger partial charge in [0.25, 0.3) is 5.91 Å². The van der Waals surface area contributed by atoms with E-state index >= 15 is 0 Å². The number of hydrogen-bond donors (Lipinski definition) is 2. The number of H-pyrrole nitrogens is 1. The van der Waals surface area contributed by atoms with Crippen LogP contribution < -0.4 is 10.1 Å². The van der Waals surface area contributed by atoms with Crippen molar-refractivity contribution >= 4 is 40.1 Å². The second-order valence-corrected chi connectivity index (χ2v) is 7.43. The van der Waals surface area contributed by atoms with E-state index in [4.69, 9.17) is 21.1 Å². The predicted octanol–water partition coefficient (Wildman–Crippen LogP) is 4.50. The zero-order valence-electron chi connectivity index (χ0n) is 16.0. The van der Waals surface area contributed by atoms with Crippen LogP contribution in [0.25, 0.3) is 10.9 Å². The summed E-state index contributed by atoms with van der Waals surface area (Å²) in [5.74, 6) is -0.460. The predicted molar refractivity (Wildman–Crippen MR) is 112 cm³/mol. The third-order valence-electron chi connectivity index (χ3n) is 5.10. The lowest BCUT2D eigenvalue weighted by Crippen LogP contribution is -2.20. The van der Waals surface area contributed by atoms with E-state index in [1.807, 2.05) is 12.1 Å². The third-order valence-corrected chi connectivity index (χ3v) is 5.40. The maximum absolute atomic E-state index is 12.4. The smallest absolute Gasteiger partial charge is 0.338 e. The van der Waals surface area contributed by atoms with Crippen molar-refractivity contribution in [1.82, 2.24) is 4.98 Å². The summed E-state index contributed by atoms with van der Waals surface area (Å²) in [4.78, 5) is 28.0. The zero-order chi connectivity index (χ0) is 20.4. The van der Waals surface area contributed by atoms with Crippen molar-refractivity contribution in [2.45, 2.75) is 25.7 Å². The van der Waals surface area contributed by atoms with E-state index in [9.17, 15) is 9.59 Å². The Hall–Kier alpha value is -2.99. The van der Waals surface area contributed by atoms with Crippen molar-refractivity contribution in [1.29, 1.82) is 0 Å². The fourth-order valence-corrected chi connectivity index (χ4v) is 3.95. The standard InChI is InChI=1S/C22H21ClN2O4/c1-28-20-9-7-14(11-17(20)23)24-21(26)12-29-22(27)13-6-8-19-16(10-13)15-4-2-3-5-18(15)25-19/h6-11,25H,2-5,12H2,1H3,(H,24,26). The lowest BCUT2D eigenvalue weighted by molar-refractivity contribution is -0.119. The van der Waals surface area contributed by atoms with Gasteiger partial charge in [-0.1, -0.05) is 11.6 Å². The van der Waals surface area contributed by atoms with E-state index in [1.165, 1.54) is 24.8 Å². The average molecular weight is 413 g/mol. The van der Waals surface area contributed by atoms with Crippen molar-refractivity contribution in [2.75, 3.05) is 19.0 Å². The molecule has 1 aliphatic carbocycles. The first kappa shape index (κ1) is 19.3. The fourth-order valence-electron chi connectivity index (χ4n) is 3.69. The average Bonchev–Trinajstić information content (AvgIpc) is 3.10. The molecule has 29 heavy (non-hydrogen) atoms. The Kier molecular flexibility index (Phi) is 5.45. The molecule has 0 atom stereocenters. The van der Waals surface area contributed by atoms with Gasteiger partial charge < -0.3 is 19.8 Å². The van der Waals surface area contributed by atoms with Gasteiger partial charge in [0.1, 0.15) is 5.75 Å². The van der Waals surface area contributed by atoms with E-state index in [0.717, 1.165) is 30.2 Å². The van der Waals surface area contributed by atoms with Crippen LogP contribution in [0.1, 0.15) is 34.5 Å². The lowest BCUT2D eigenvalue weighted by atomic mass is 9.95. The van der Waals surface area contributed by atoms with Crippen molar-refractivity contribution in [3.8, 4) is 5.75 Å². The van der Waals surface area contributed by atoms with E-state index in [2.05, 4.69) is 10.3 Å². The molecule has 0 radical (unpaired) electrons. The van der Waals surface area contributed by atoms with Crippen LogP contribution in [-0.2, 0) is 22.4 Å². The Bertz CT molecular complexity index is 1090. The molecule has 0 saturated carbocycles. The van der Waals surface area contributed by atoms with Crippen LogP contribution in [0, 0.1) is 0 Å². The van der Waals surface area contributed by atoms with Crippen molar-refractivity contribution in [3.05, 3.63) is 58.2 Å². The molecule has 0 unspecified atom stereocenters. The van der Waals surface area contributed by atoms with Gasteiger partial charge in [0.15, 0.2) is 6.61 Å². The number of aromatic amines is 1. The van der Waals surface area contributed by atoms with Gasteiger partial charge in [-0.25, -0.2) is 4.79 Å². The maximum Gasteiger partial charge on any atom is 0.338 e. The number of halogens is 1. The summed E-state index contributed by atoms with van der Waals surface area (Å²) in [6, 6.07) is 10.3. The van der Waals surface area contributed by atoms with Gasteiger partial charge in [-0.3, -0.25) is 4.79 Å². The molecule has 0 saturated heterocycles. The number of carbonyl (C=O) groups excluding carboxylic acids is 2. The molecule has 7 heteroatoms. The van der Waals surface area contributed by atoms with Crippen LogP contribution in [0.5, 0.6) is 5.75 Å². The Morgan fingerprint density at radius 1 is 1.14 bits per heavy atom. The number of benzene rings is 2. The van der Waals surface area contributed by atoms with Crippen LogP contribution in [0.15, 0.2) is 36.4 Å². The number of ether oxygens (including phenoxy) is 2. The van der Waals surface area contributed by atoms with Gasteiger partial charge in [-0.15, -0.1) is 0 Å². The number of anilines is 1. The number of methoxy groups -OCH3 is 1. The number of fused-ring (bicyclic) bond motifs is 3. The van der Waals surface area contributed by atoms with Gasteiger partial charge in [0, 0.05) is 22.3 Å². The number of hydrogen-bond acceptors (Lipinski definition) is 4. The van der Waals surface area contributed by atoms with Gasteiger partial charge in [0.05, 0.1) is 17.7 Å². The SMILES string of the molecule is COc1ccc(NC(=O)COC(=O)c2ccc3[nH]c4c(c3c2)CCCC4)cc1Cl. The lowest BCUT2D eigenvalue weighted by Gasteiger charge is -2.10. The Morgan fingerprint density at radius 3 is 2.76 bits per heavy atom. The molecule has 4 rings (SSSR count). The summed E-state index contributed by atoms with van der Waals surface area (Å²) in [7, 11) is 1.51. The topological polar surface area (TPSA) is 80.4 Å². The minimum absolute atomic E-state index is 0.380. The monoisotopic (exact) mass is 412 g/mol. The molecule has 0 bridgehead atoms. The summed E-state index contributed by atoms with van der Waals surface area (Å²) in [5.41, 5.74) is 4.51. The van der Waals surface area contributed by atoms with E-state index in [-0.39, 0.29) is 6.61 Å². The second kappa shape index (κ2) is 8.17. The largest absolute Gasteiger partial charge is 0.495 e. The van der Waals surface area contributed by atoms with Crippen LogP contribution in [-0.4, -0.2) is 30.6 Å². The minimum Gasteiger partial charge on any atom is -0.495 e. The van der Waals surface area contributed by atoms with Gasteiger partial charge in [-0.05, 0) is 67.6 Å². The highest BCUT2D eigenvalue weighted by Gasteiger charge is 2.18. The zero-order valence-corrected chi connectivity index (χ0v) is 16.8. The normalized spacial score (nSPS) is 13.0. The van der Waals surface area contributed by atoms with E-state index < -0.39 is 11.9 Å². The first-order chi connectivity index (χ1) is 14.0. The molecule has 0 aliphatic heterocycles. The number of carbonyl (C=O) groups is 2. The molecule has 1 aliphatic rings. The fraction of sp³-hybridized carbons (Fsp3) is 0.273. The third kappa shape index (κ3) is 4.07. The molecular formula is C22H21ClN2O4. The first-order valence-electron chi connectivity index (χ1n) is 9.49. The highest BCUT2D eigenvalue weighted by molar-refractivity contribution is 6.32. The molecule has 1 aromatic heterocycles. The number of nitrogens with one attached hydrogen (secondary N) is 2. The maximum atomic E-state index is 12.4. The molecule has 6 nitrogen and oxygen atoms in total. The number of amides is 1. The van der Waals surface area contributed by atoms with Gasteiger partial charge >= 0.3 is 5.97 Å². The summed E-state index contributed by atoms with van der Waals surface area (Å²) < 4.78 is 10.3. The summed E-state index contributed by atoms with van der Waals surface area (Å²) in [6.07, 6.45) is 4.40. The highest BCUT2D eigenvalue weighted by Crippen LogP contribution is 2.30. The molecule has 0 spiro atoms. The quantitative estimate of drug-likeness (QED) is 0.604. The van der Waals surface area contributed by atoms with Crippen LogP contribution >= 0.6 is 11.6 Å². The Labute approximate surface area is 173 Å². The van der Waals surface area contributed by atoms with Gasteiger partial charge in [0.2, 0.25) is 0 Å². The number of rotatable bonds is 5. The van der Waals surface area contributed by atoms with Crippen molar-refractivity contribution in [3.63, 3.8) is 0 Å². The summed E-state index contributed by atoms with van der Waals surface area (Å²) in [5, 5.41) is 4.09. The molecule has 3 aromatic rings. The second-order valence-electron chi connectivity index (χ2n) is 7.02. The van der Waals surface area contributed by atoms with Crippen LogP contribution in [0.2, 0.25) is 5.02 Å². The van der Waals surface area contributed by atoms with E-state index in [1.54, 1.807) is 24.3 Å². The molecule has 150 valence electrons. The Balaban J connectivity index is 1.40. The highest BCUT2D eigenvalue weighted by atomic mass is 35.5. The summed E-state index contributed by atoms with van der Waals surface area (Å²) >= 11 is 6.05. The van der Waals surface area contributed by atoms with Crippen LogP contribution in [0.3, 0.4) is 0 Å². The summed E-state index contributed by atoms with van der Waals surface area (Å²) in [6.45, 7) is -0.383. The van der Waals surface area contributed by atoms with E-state index in [0.29, 0.717) is 22.0 Å². The Morgan fingerprint density at radius 2 is 1.97 bits per heavy atom. The molecule has 2 aromatic carbocycles. The van der Waals surface area contributed by atoms with Crippen molar-refractivity contribution in [2.24, 2.45) is 0 Å². The van der Waals surface area contributed by atoms with Gasteiger partial charge in [-0.2, -0.15) is 0 Å². The molecular weight excluding hydrogens is 392 g/mol. The van der Waals surface area contributed by atoms with Crippen molar-refractivity contribution < 1.29 is 19.1 Å². The number of aryl methyl sites for hydroxylation is 2. The van der Waals surface area contributed by atoms with Crippen LogP contribution in [0.4, 0.5) is 5.69 Å². The minimum atomic E-state index is -0.527. The molecule has 2 N–H and O–H groups in total. The first-order valence-corrected chi connectivity index (χ1v) is 9.87. The number of esters is 1. The molecule has 1 amide bonds. The molecule has 0 fully saturated rings. The number of aromatic nitrogens is 1.